The van der Waals surface area contributed by atoms with E-state index in [9.17, 15) is 5.11 Å². The van der Waals surface area contributed by atoms with Crippen molar-refractivity contribution in [2.75, 3.05) is 0 Å². The quantitative estimate of drug-likeness (QED) is 0.833. The fraction of sp³-hybridized carbons (Fsp3) is 0.417. The molecule has 0 aliphatic rings. The molecule has 0 amide bonds. The number of aliphatic hydroxyl groups is 1. The van der Waals surface area contributed by atoms with Gasteiger partial charge in [0.05, 0.1) is 12.4 Å². The Kier molecular flexibility index (Phi) is 3.41. The minimum absolute atomic E-state index is 0.380. The molecule has 0 aromatic carbocycles. The summed E-state index contributed by atoms with van der Waals surface area (Å²) in [4.78, 5) is 4.00. The van der Waals surface area contributed by atoms with Crippen molar-refractivity contribution in [1.82, 2.24) is 14.1 Å². The van der Waals surface area contributed by atoms with Crippen molar-refractivity contribution in [3.8, 4) is 0 Å². The Balaban J connectivity index is 1.81. The first-order valence-electron chi connectivity index (χ1n) is 5.55. The summed E-state index contributed by atoms with van der Waals surface area (Å²) in [5, 5.41) is 9.39. The molecule has 0 fully saturated rings. The number of aliphatic hydroxyl groups excluding tert-OH is 1. The van der Waals surface area contributed by atoms with Gasteiger partial charge in [0.25, 0.3) is 0 Å². The second kappa shape index (κ2) is 4.99. The van der Waals surface area contributed by atoms with Gasteiger partial charge in [0.2, 0.25) is 0 Å². The molecule has 2 aromatic heterocycles. The van der Waals surface area contributed by atoms with Crippen molar-refractivity contribution in [3.63, 3.8) is 0 Å². The Morgan fingerprint density at radius 2 is 2.12 bits per heavy atom. The first kappa shape index (κ1) is 11.0. The number of imidazole rings is 1. The summed E-state index contributed by atoms with van der Waals surface area (Å²) >= 11 is 0. The van der Waals surface area contributed by atoms with Crippen LogP contribution in [0.5, 0.6) is 0 Å². The third kappa shape index (κ3) is 2.73. The Morgan fingerprint density at radius 1 is 1.31 bits per heavy atom. The predicted molar refractivity (Wildman–Crippen MR) is 61.9 cm³/mol. The van der Waals surface area contributed by atoms with Crippen molar-refractivity contribution < 1.29 is 5.11 Å². The van der Waals surface area contributed by atoms with Crippen LogP contribution in [0.15, 0.2) is 37.2 Å². The molecule has 86 valence electrons. The highest BCUT2D eigenvalue weighted by atomic mass is 16.3. The van der Waals surface area contributed by atoms with Crippen LogP contribution >= 0.6 is 0 Å². The topological polar surface area (TPSA) is 43.0 Å². The highest BCUT2D eigenvalue weighted by molar-refractivity contribution is 5.12. The Hall–Kier alpha value is -1.55. The van der Waals surface area contributed by atoms with E-state index in [0.717, 1.165) is 25.1 Å². The number of nitrogens with zero attached hydrogens (tertiary/aromatic N) is 3. The van der Waals surface area contributed by atoms with Crippen molar-refractivity contribution in [2.24, 2.45) is 0 Å². The molecule has 2 heterocycles. The molecule has 0 spiro atoms. The highest BCUT2D eigenvalue weighted by Crippen LogP contribution is 2.12. The van der Waals surface area contributed by atoms with E-state index in [1.165, 1.54) is 0 Å². The summed E-state index contributed by atoms with van der Waals surface area (Å²) < 4.78 is 4.18. The summed E-state index contributed by atoms with van der Waals surface area (Å²) in [5.41, 5.74) is 0.975. The third-order valence-electron chi connectivity index (χ3n) is 2.65. The van der Waals surface area contributed by atoms with Crippen molar-refractivity contribution in [1.29, 1.82) is 0 Å². The van der Waals surface area contributed by atoms with Gasteiger partial charge in [0, 0.05) is 37.9 Å². The second-order valence-corrected chi connectivity index (χ2v) is 4.01. The van der Waals surface area contributed by atoms with E-state index in [2.05, 4.69) is 14.1 Å². The number of aromatic nitrogens is 3. The molecule has 0 aliphatic carbocycles. The molecule has 0 bridgehead atoms. The van der Waals surface area contributed by atoms with Crippen molar-refractivity contribution >= 4 is 0 Å². The van der Waals surface area contributed by atoms with Gasteiger partial charge in [0.15, 0.2) is 0 Å². The highest BCUT2D eigenvalue weighted by Gasteiger charge is 2.02. The zero-order valence-corrected chi connectivity index (χ0v) is 9.45. The molecule has 16 heavy (non-hydrogen) atoms. The third-order valence-corrected chi connectivity index (χ3v) is 2.65. The average molecular weight is 219 g/mol. The summed E-state index contributed by atoms with van der Waals surface area (Å²) in [6.45, 7) is 3.72. The molecule has 4 heteroatoms. The molecular weight excluding hydrogens is 202 g/mol. The fourth-order valence-electron chi connectivity index (χ4n) is 1.70. The number of hydrogen-bond acceptors (Lipinski definition) is 2. The fourth-order valence-corrected chi connectivity index (χ4v) is 1.70. The molecule has 0 saturated heterocycles. The average Bonchev–Trinajstić information content (AvgIpc) is 2.87. The molecule has 0 saturated carbocycles. The van der Waals surface area contributed by atoms with Gasteiger partial charge in [-0.3, -0.25) is 0 Å². The van der Waals surface area contributed by atoms with E-state index < -0.39 is 0 Å². The lowest BCUT2D eigenvalue weighted by Gasteiger charge is -2.04. The predicted octanol–water partition coefficient (Wildman–Crippen LogP) is 1.83. The summed E-state index contributed by atoms with van der Waals surface area (Å²) in [7, 11) is 0. The standard InChI is InChI=1S/C12H17N3O/c1-11(16)12-3-7-14(9-12)5-2-6-15-8-4-13-10-15/h3-4,7-11,16H,2,5-6H2,1H3. The normalized spacial score (nSPS) is 12.9. The second-order valence-electron chi connectivity index (χ2n) is 4.01. The lowest BCUT2D eigenvalue weighted by molar-refractivity contribution is 0.199. The Bertz CT molecular complexity index is 417. The van der Waals surface area contributed by atoms with Crippen LogP contribution in [0.1, 0.15) is 25.0 Å². The van der Waals surface area contributed by atoms with E-state index in [0.29, 0.717) is 0 Å². The van der Waals surface area contributed by atoms with Gasteiger partial charge in [-0.1, -0.05) is 0 Å². The van der Waals surface area contributed by atoms with Gasteiger partial charge in [-0.05, 0) is 25.0 Å². The minimum atomic E-state index is -0.380. The molecule has 2 rings (SSSR count). The summed E-state index contributed by atoms with van der Waals surface area (Å²) in [6.07, 6.45) is 10.3. The van der Waals surface area contributed by atoms with E-state index >= 15 is 0 Å². The first-order valence-corrected chi connectivity index (χ1v) is 5.55. The maximum Gasteiger partial charge on any atom is 0.0945 e. The Morgan fingerprint density at radius 3 is 2.75 bits per heavy atom. The van der Waals surface area contributed by atoms with Crippen LogP contribution in [0, 0.1) is 0 Å². The van der Waals surface area contributed by atoms with Crippen LogP contribution < -0.4 is 0 Å². The summed E-state index contributed by atoms with van der Waals surface area (Å²) in [6, 6.07) is 1.96. The molecular formula is C12H17N3O. The van der Waals surface area contributed by atoms with E-state index in [-0.39, 0.29) is 6.10 Å². The number of aryl methyl sites for hydroxylation is 2. The van der Waals surface area contributed by atoms with Crippen LogP contribution in [0.2, 0.25) is 0 Å². The maximum absolute atomic E-state index is 9.39. The van der Waals surface area contributed by atoms with Gasteiger partial charge in [-0.25, -0.2) is 4.98 Å². The SMILES string of the molecule is CC(O)c1ccn(CCCn2ccnc2)c1. The van der Waals surface area contributed by atoms with Crippen LogP contribution in [0.4, 0.5) is 0 Å². The first-order chi connectivity index (χ1) is 7.75. The van der Waals surface area contributed by atoms with Gasteiger partial charge in [-0.15, -0.1) is 0 Å². The zero-order valence-electron chi connectivity index (χ0n) is 9.45. The molecule has 0 radical (unpaired) electrons. The van der Waals surface area contributed by atoms with Crippen LogP contribution in [0.25, 0.3) is 0 Å². The number of rotatable bonds is 5. The molecule has 2 aromatic rings. The van der Waals surface area contributed by atoms with Gasteiger partial charge in [-0.2, -0.15) is 0 Å². The number of hydrogen-bond donors (Lipinski definition) is 1. The van der Waals surface area contributed by atoms with E-state index in [4.69, 9.17) is 0 Å². The van der Waals surface area contributed by atoms with E-state index in [1.807, 2.05) is 31.0 Å². The van der Waals surface area contributed by atoms with Crippen LogP contribution in [-0.4, -0.2) is 19.2 Å². The monoisotopic (exact) mass is 219 g/mol. The molecule has 1 atom stereocenters. The van der Waals surface area contributed by atoms with Gasteiger partial charge in [0.1, 0.15) is 0 Å². The van der Waals surface area contributed by atoms with Crippen molar-refractivity contribution in [3.05, 3.63) is 42.7 Å². The van der Waals surface area contributed by atoms with Crippen LogP contribution in [0.3, 0.4) is 0 Å². The van der Waals surface area contributed by atoms with E-state index in [1.54, 1.807) is 13.1 Å². The minimum Gasteiger partial charge on any atom is -0.389 e. The molecule has 1 N–H and O–H groups in total. The largest absolute Gasteiger partial charge is 0.389 e. The van der Waals surface area contributed by atoms with Crippen molar-refractivity contribution in [2.45, 2.75) is 32.5 Å². The van der Waals surface area contributed by atoms with Gasteiger partial charge >= 0.3 is 0 Å². The molecule has 4 nitrogen and oxygen atoms in total. The maximum atomic E-state index is 9.39. The summed E-state index contributed by atoms with van der Waals surface area (Å²) in [5.74, 6) is 0. The Labute approximate surface area is 95.2 Å². The lowest BCUT2D eigenvalue weighted by Crippen LogP contribution is -2.01. The molecule has 0 aliphatic heterocycles. The molecule has 1 unspecified atom stereocenters. The smallest absolute Gasteiger partial charge is 0.0945 e. The van der Waals surface area contributed by atoms with Gasteiger partial charge < -0.3 is 14.2 Å². The van der Waals surface area contributed by atoms with Crippen LogP contribution in [-0.2, 0) is 13.1 Å². The zero-order chi connectivity index (χ0) is 11.4. The lowest BCUT2D eigenvalue weighted by atomic mass is 10.2.